The number of aryl methyl sites for hydroxylation is 1. The third-order valence-electron chi connectivity index (χ3n) is 3.27. The molecule has 0 saturated carbocycles. The molecule has 1 aromatic rings. The maximum absolute atomic E-state index is 12.1. The lowest BCUT2D eigenvalue weighted by Crippen LogP contribution is -2.40. The van der Waals surface area contributed by atoms with E-state index in [0.717, 1.165) is 25.9 Å². The molecule has 4 nitrogen and oxygen atoms in total. The Labute approximate surface area is 106 Å². The van der Waals surface area contributed by atoms with Crippen LogP contribution in [0.3, 0.4) is 0 Å². The van der Waals surface area contributed by atoms with E-state index in [0.29, 0.717) is 24.2 Å². The van der Waals surface area contributed by atoms with Crippen molar-refractivity contribution in [3.8, 4) is 0 Å². The van der Waals surface area contributed by atoms with Gasteiger partial charge in [-0.1, -0.05) is 0 Å². The molecule has 1 unspecified atom stereocenters. The largest absolute Gasteiger partial charge is 0.352 e. The van der Waals surface area contributed by atoms with E-state index < -0.39 is 0 Å². The maximum atomic E-state index is 12.1. The predicted octanol–water partition coefficient (Wildman–Crippen LogP) is 1.72. The van der Waals surface area contributed by atoms with Crippen LogP contribution in [0.5, 0.6) is 0 Å². The summed E-state index contributed by atoms with van der Waals surface area (Å²) in [6, 6.07) is 0. The van der Waals surface area contributed by atoms with Crippen LogP contribution in [-0.2, 0) is 6.54 Å². The lowest BCUT2D eigenvalue weighted by Gasteiger charge is -2.32. The number of piperidine rings is 1. The van der Waals surface area contributed by atoms with Gasteiger partial charge in [0.25, 0.3) is 5.56 Å². The van der Waals surface area contributed by atoms with E-state index >= 15 is 0 Å². The summed E-state index contributed by atoms with van der Waals surface area (Å²) in [5, 5.41) is 0. The van der Waals surface area contributed by atoms with Crippen molar-refractivity contribution in [2.24, 2.45) is 5.92 Å². The summed E-state index contributed by atoms with van der Waals surface area (Å²) in [5.74, 6) is 1.71. The predicted molar refractivity (Wildman–Crippen MR) is 69.8 cm³/mol. The molecular formula is C12H18ClN3O. The molecule has 1 saturated heterocycles. The van der Waals surface area contributed by atoms with Crippen LogP contribution in [0.15, 0.2) is 17.2 Å². The maximum Gasteiger partial charge on any atom is 0.293 e. The summed E-state index contributed by atoms with van der Waals surface area (Å²) >= 11 is 5.90. The normalized spacial score (nSPS) is 20.6. The van der Waals surface area contributed by atoms with Crippen LogP contribution in [0.2, 0.25) is 0 Å². The minimum absolute atomic E-state index is 0.00484. The van der Waals surface area contributed by atoms with Crippen molar-refractivity contribution in [2.45, 2.75) is 26.3 Å². The highest BCUT2D eigenvalue weighted by Crippen LogP contribution is 2.20. The molecule has 2 heterocycles. The Morgan fingerprint density at radius 2 is 2.41 bits per heavy atom. The van der Waals surface area contributed by atoms with Gasteiger partial charge in [0.15, 0.2) is 5.82 Å². The van der Waals surface area contributed by atoms with Gasteiger partial charge in [0, 0.05) is 37.9 Å². The van der Waals surface area contributed by atoms with Crippen LogP contribution < -0.4 is 10.5 Å². The first kappa shape index (κ1) is 12.4. The number of anilines is 1. The monoisotopic (exact) mass is 255 g/mol. The van der Waals surface area contributed by atoms with E-state index in [1.165, 1.54) is 0 Å². The topological polar surface area (TPSA) is 38.1 Å². The van der Waals surface area contributed by atoms with Gasteiger partial charge >= 0.3 is 0 Å². The molecule has 1 aliphatic rings. The minimum atomic E-state index is 0.00484. The molecule has 17 heavy (non-hydrogen) atoms. The molecule has 0 bridgehead atoms. The number of nitrogens with zero attached hydrogens (tertiary/aromatic N) is 3. The first-order chi connectivity index (χ1) is 8.26. The summed E-state index contributed by atoms with van der Waals surface area (Å²) in [4.78, 5) is 18.4. The molecular weight excluding hydrogens is 238 g/mol. The average molecular weight is 256 g/mol. The minimum Gasteiger partial charge on any atom is -0.352 e. The molecule has 1 aliphatic heterocycles. The smallest absolute Gasteiger partial charge is 0.293 e. The lowest BCUT2D eigenvalue weighted by atomic mass is 10.0. The van der Waals surface area contributed by atoms with E-state index in [4.69, 9.17) is 11.6 Å². The number of rotatable bonds is 3. The van der Waals surface area contributed by atoms with Gasteiger partial charge in [-0.2, -0.15) is 0 Å². The Morgan fingerprint density at radius 1 is 1.59 bits per heavy atom. The van der Waals surface area contributed by atoms with Crippen molar-refractivity contribution >= 4 is 17.4 Å². The highest BCUT2D eigenvalue weighted by atomic mass is 35.5. The Morgan fingerprint density at radius 3 is 3.12 bits per heavy atom. The summed E-state index contributed by atoms with van der Waals surface area (Å²) in [7, 11) is 0. The van der Waals surface area contributed by atoms with Crippen molar-refractivity contribution in [2.75, 3.05) is 23.9 Å². The van der Waals surface area contributed by atoms with Gasteiger partial charge in [0.05, 0.1) is 0 Å². The van der Waals surface area contributed by atoms with Crippen LogP contribution in [-0.4, -0.2) is 28.5 Å². The Bertz CT molecular complexity index is 432. The summed E-state index contributed by atoms with van der Waals surface area (Å²) in [6.07, 6.45) is 5.66. The van der Waals surface area contributed by atoms with Gasteiger partial charge in [-0.05, 0) is 25.7 Å². The summed E-state index contributed by atoms with van der Waals surface area (Å²) in [6.45, 7) is 4.40. The second-order valence-corrected chi connectivity index (χ2v) is 4.76. The van der Waals surface area contributed by atoms with Gasteiger partial charge < -0.3 is 9.47 Å². The second-order valence-electron chi connectivity index (χ2n) is 4.45. The Balaban J connectivity index is 2.24. The molecule has 0 N–H and O–H groups in total. The molecule has 1 fully saturated rings. The van der Waals surface area contributed by atoms with Crippen LogP contribution in [0.25, 0.3) is 0 Å². The fourth-order valence-corrected chi connectivity index (χ4v) is 2.54. The quantitative estimate of drug-likeness (QED) is 0.772. The van der Waals surface area contributed by atoms with Crippen LogP contribution >= 0.6 is 11.6 Å². The fourth-order valence-electron chi connectivity index (χ4n) is 2.29. The van der Waals surface area contributed by atoms with Crippen molar-refractivity contribution in [1.82, 2.24) is 9.55 Å². The fraction of sp³-hybridized carbons (Fsp3) is 0.667. The molecule has 94 valence electrons. The first-order valence-electron chi connectivity index (χ1n) is 6.12. The van der Waals surface area contributed by atoms with Gasteiger partial charge in [-0.3, -0.25) is 4.79 Å². The van der Waals surface area contributed by atoms with Gasteiger partial charge in [0.2, 0.25) is 0 Å². The zero-order valence-electron chi connectivity index (χ0n) is 10.1. The van der Waals surface area contributed by atoms with E-state index in [2.05, 4.69) is 9.88 Å². The standard InChI is InChI=1S/C12H18ClN3O/c1-2-15-7-5-14-11(12(15)17)16-6-3-4-10(8-13)9-16/h5,7,10H,2-4,6,8-9H2,1H3. The molecule has 0 aromatic carbocycles. The van der Waals surface area contributed by atoms with Crippen molar-refractivity contribution in [1.29, 1.82) is 0 Å². The van der Waals surface area contributed by atoms with Crippen molar-refractivity contribution in [3.63, 3.8) is 0 Å². The number of hydrogen-bond donors (Lipinski definition) is 0. The first-order valence-corrected chi connectivity index (χ1v) is 6.66. The average Bonchev–Trinajstić information content (AvgIpc) is 2.39. The molecule has 0 radical (unpaired) electrons. The molecule has 1 aromatic heterocycles. The summed E-state index contributed by atoms with van der Waals surface area (Å²) in [5.41, 5.74) is 0.00484. The molecule has 0 aliphatic carbocycles. The van der Waals surface area contributed by atoms with E-state index in [1.54, 1.807) is 17.0 Å². The van der Waals surface area contributed by atoms with Crippen LogP contribution in [0.1, 0.15) is 19.8 Å². The third kappa shape index (κ3) is 2.63. The molecule has 0 spiro atoms. The van der Waals surface area contributed by atoms with Crippen LogP contribution in [0.4, 0.5) is 5.82 Å². The molecule has 1 atom stereocenters. The van der Waals surface area contributed by atoms with Crippen LogP contribution in [0, 0.1) is 5.92 Å². The SMILES string of the molecule is CCn1ccnc(N2CCCC(CCl)C2)c1=O. The molecule has 5 heteroatoms. The second kappa shape index (κ2) is 5.54. The lowest BCUT2D eigenvalue weighted by molar-refractivity contribution is 0.446. The number of aromatic nitrogens is 2. The van der Waals surface area contributed by atoms with Gasteiger partial charge in [-0.25, -0.2) is 4.98 Å². The number of hydrogen-bond acceptors (Lipinski definition) is 3. The van der Waals surface area contributed by atoms with E-state index in [9.17, 15) is 4.79 Å². The molecule has 2 rings (SSSR count). The zero-order valence-corrected chi connectivity index (χ0v) is 10.9. The Kier molecular flexibility index (Phi) is 4.05. The highest BCUT2D eigenvalue weighted by Gasteiger charge is 2.22. The van der Waals surface area contributed by atoms with E-state index in [-0.39, 0.29) is 5.56 Å². The highest BCUT2D eigenvalue weighted by molar-refractivity contribution is 6.18. The molecule has 0 amide bonds. The van der Waals surface area contributed by atoms with Gasteiger partial charge in [0.1, 0.15) is 0 Å². The van der Waals surface area contributed by atoms with E-state index in [1.807, 2.05) is 6.92 Å². The number of halogens is 1. The summed E-state index contributed by atoms with van der Waals surface area (Å²) < 4.78 is 1.69. The van der Waals surface area contributed by atoms with Crippen molar-refractivity contribution in [3.05, 3.63) is 22.7 Å². The van der Waals surface area contributed by atoms with Gasteiger partial charge in [-0.15, -0.1) is 11.6 Å². The third-order valence-corrected chi connectivity index (χ3v) is 3.71. The van der Waals surface area contributed by atoms with Crippen molar-refractivity contribution < 1.29 is 0 Å². The number of alkyl halides is 1. The Hall–Kier alpha value is -1.03. The zero-order chi connectivity index (χ0) is 12.3.